The minimum absolute atomic E-state index is 0.0224. The third-order valence-corrected chi connectivity index (χ3v) is 4.56. The Kier molecular flexibility index (Phi) is 5.02. The first kappa shape index (κ1) is 17.4. The van der Waals surface area contributed by atoms with Crippen LogP contribution >= 0.6 is 0 Å². The Hall–Kier alpha value is -2.43. The lowest BCUT2D eigenvalue weighted by molar-refractivity contribution is -0.123. The van der Waals surface area contributed by atoms with E-state index in [1.54, 1.807) is 13.2 Å². The van der Waals surface area contributed by atoms with Gasteiger partial charge < -0.3 is 10.1 Å². The second-order valence-corrected chi connectivity index (χ2v) is 6.59. The number of carbonyl (C=O) groups is 1. The molecule has 0 spiro atoms. The number of halogens is 2. The van der Waals surface area contributed by atoms with Gasteiger partial charge in [0.25, 0.3) is 0 Å². The van der Waals surface area contributed by atoms with Crippen LogP contribution in [0.2, 0.25) is 0 Å². The van der Waals surface area contributed by atoms with E-state index in [0.29, 0.717) is 18.4 Å². The first-order chi connectivity index (χ1) is 12.0. The third kappa shape index (κ3) is 4.16. The number of amides is 1. The highest BCUT2D eigenvalue weighted by molar-refractivity contribution is 5.83. The highest BCUT2D eigenvalue weighted by Gasteiger charge is 2.44. The van der Waals surface area contributed by atoms with Crippen molar-refractivity contribution in [2.45, 2.75) is 31.7 Å². The normalized spacial score (nSPS) is 20.0. The van der Waals surface area contributed by atoms with Crippen molar-refractivity contribution in [3.8, 4) is 5.75 Å². The zero-order valence-corrected chi connectivity index (χ0v) is 14.3. The molecule has 1 saturated carbocycles. The van der Waals surface area contributed by atoms with Gasteiger partial charge in [-0.25, -0.2) is 8.78 Å². The molecule has 2 aromatic rings. The SMILES string of the molecule is COc1cccc(CC(C)NC(=O)C2CC2c2ccc(F)c(F)c2)c1. The smallest absolute Gasteiger partial charge is 0.223 e. The van der Waals surface area contributed by atoms with Crippen LogP contribution in [0.3, 0.4) is 0 Å². The van der Waals surface area contributed by atoms with Gasteiger partial charge in [0.2, 0.25) is 5.91 Å². The van der Waals surface area contributed by atoms with E-state index in [1.165, 1.54) is 6.07 Å². The number of hydrogen-bond donors (Lipinski definition) is 1. The number of methoxy groups -OCH3 is 1. The van der Waals surface area contributed by atoms with Crippen LogP contribution in [-0.2, 0) is 11.2 Å². The van der Waals surface area contributed by atoms with Crippen LogP contribution in [-0.4, -0.2) is 19.1 Å². The van der Waals surface area contributed by atoms with Gasteiger partial charge in [-0.15, -0.1) is 0 Å². The summed E-state index contributed by atoms with van der Waals surface area (Å²) in [5.74, 6) is -1.18. The molecule has 0 aromatic heterocycles. The highest BCUT2D eigenvalue weighted by atomic mass is 19.2. The molecule has 3 unspecified atom stereocenters. The van der Waals surface area contributed by atoms with Gasteiger partial charge in [-0.1, -0.05) is 18.2 Å². The average Bonchev–Trinajstić information content (AvgIpc) is 3.38. The predicted octanol–water partition coefficient (Wildman–Crippen LogP) is 3.82. The van der Waals surface area contributed by atoms with E-state index < -0.39 is 11.6 Å². The summed E-state index contributed by atoms with van der Waals surface area (Å²) >= 11 is 0. The molecule has 5 heteroatoms. The predicted molar refractivity (Wildman–Crippen MR) is 91.5 cm³/mol. The first-order valence-electron chi connectivity index (χ1n) is 8.36. The maximum Gasteiger partial charge on any atom is 0.223 e. The van der Waals surface area contributed by atoms with Crippen molar-refractivity contribution in [2.75, 3.05) is 7.11 Å². The van der Waals surface area contributed by atoms with E-state index >= 15 is 0 Å². The maximum atomic E-state index is 13.3. The Balaban J connectivity index is 1.55. The summed E-state index contributed by atoms with van der Waals surface area (Å²) in [7, 11) is 1.62. The number of carbonyl (C=O) groups excluding carboxylic acids is 1. The number of ether oxygens (including phenoxy) is 1. The third-order valence-electron chi connectivity index (χ3n) is 4.56. The van der Waals surface area contributed by atoms with Crippen molar-refractivity contribution in [3.05, 3.63) is 65.2 Å². The Bertz CT molecular complexity index is 778. The number of benzene rings is 2. The second-order valence-electron chi connectivity index (χ2n) is 6.59. The van der Waals surface area contributed by atoms with Gasteiger partial charge in [0.15, 0.2) is 11.6 Å². The van der Waals surface area contributed by atoms with Crippen LogP contribution in [0, 0.1) is 17.6 Å². The molecular formula is C20H21F2NO2. The van der Waals surface area contributed by atoms with Crippen molar-refractivity contribution in [3.63, 3.8) is 0 Å². The molecule has 0 saturated heterocycles. The summed E-state index contributed by atoms with van der Waals surface area (Å²) in [4.78, 5) is 12.4. The summed E-state index contributed by atoms with van der Waals surface area (Å²) in [6.07, 6.45) is 1.37. The molecule has 0 bridgehead atoms. The molecule has 2 aromatic carbocycles. The van der Waals surface area contributed by atoms with Gasteiger partial charge in [-0.3, -0.25) is 4.79 Å². The summed E-state index contributed by atoms with van der Waals surface area (Å²) in [6.45, 7) is 1.95. The molecule has 0 heterocycles. The molecular weight excluding hydrogens is 324 g/mol. The standard InChI is InChI=1S/C20H21F2NO2/c1-12(8-13-4-3-5-15(9-13)25-2)23-20(24)17-11-16(17)14-6-7-18(21)19(22)10-14/h3-7,9-10,12,16-17H,8,11H2,1-2H3,(H,23,24). The largest absolute Gasteiger partial charge is 0.497 e. The highest BCUT2D eigenvalue weighted by Crippen LogP contribution is 2.47. The molecule has 3 atom stereocenters. The first-order valence-corrected chi connectivity index (χ1v) is 8.36. The zero-order chi connectivity index (χ0) is 18.0. The fraction of sp³-hybridized carbons (Fsp3) is 0.350. The van der Waals surface area contributed by atoms with E-state index in [-0.39, 0.29) is 23.8 Å². The number of rotatable bonds is 6. The molecule has 0 radical (unpaired) electrons. The average molecular weight is 345 g/mol. The minimum atomic E-state index is -0.866. The number of hydrogen-bond acceptors (Lipinski definition) is 2. The number of nitrogens with one attached hydrogen (secondary N) is 1. The Morgan fingerprint density at radius 2 is 2.04 bits per heavy atom. The van der Waals surface area contributed by atoms with Gasteiger partial charge in [0.05, 0.1) is 7.11 Å². The minimum Gasteiger partial charge on any atom is -0.497 e. The second kappa shape index (κ2) is 7.21. The van der Waals surface area contributed by atoms with Crippen LogP contribution in [0.25, 0.3) is 0 Å². The molecule has 25 heavy (non-hydrogen) atoms. The molecule has 1 amide bonds. The quantitative estimate of drug-likeness (QED) is 0.864. The van der Waals surface area contributed by atoms with Gasteiger partial charge in [-0.05, 0) is 61.1 Å². The van der Waals surface area contributed by atoms with E-state index in [0.717, 1.165) is 17.4 Å². The van der Waals surface area contributed by atoms with Gasteiger partial charge in [-0.2, -0.15) is 0 Å². The molecule has 1 aliphatic carbocycles. The molecule has 3 nitrogen and oxygen atoms in total. The molecule has 0 aliphatic heterocycles. The van der Waals surface area contributed by atoms with Crippen LogP contribution < -0.4 is 10.1 Å². The van der Waals surface area contributed by atoms with Crippen LogP contribution in [0.1, 0.15) is 30.4 Å². The summed E-state index contributed by atoms with van der Waals surface area (Å²) in [5.41, 5.74) is 1.76. The van der Waals surface area contributed by atoms with Crippen LogP contribution in [0.15, 0.2) is 42.5 Å². The van der Waals surface area contributed by atoms with Crippen molar-refractivity contribution < 1.29 is 18.3 Å². The fourth-order valence-electron chi connectivity index (χ4n) is 3.15. The summed E-state index contributed by atoms with van der Waals surface area (Å²) < 4.78 is 31.5. The van der Waals surface area contributed by atoms with E-state index in [9.17, 15) is 13.6 Å². The Morgan fingerprint density at radius 1 is 1.24 bits per heavy atom. The zero-order valence-electron chi connectivity index (χ0n) is 14.3. The molecule has 132 valence electrons. The van der Waals surface area contributed by atoms with E-state index in [4.69, 9.17) is 4.74 Å². The van der Waals surface area contributed by atoms with Gasteiger partial charge >= 0.3 is 0 Å². The maximum absolute atomic E-state index is 13.3. The van der Waals surface area contributed by atoms with E-state index in [1.807, 2.05) is 31.2 Å². The molecule has 3 rings (SSSR count). The molecule has 1 aliphatic rings. The van der Waals surface area contributed by atoms with Crippen LogP contribution in [0.5, 0.6) is 5.75 Å². The Labute approximate surface area is 146 Å². The van der Waals surface area contributed by atoms with Crippen LogP contribution in [0.4, 0.5) is 8.78 Å². The lowest BCUT2D eigenvalue weighted by Gasteiger charge is -2.14. The van der Waals surface area contributed by atoms with Crippen molar-refractivity contribution >= 4 is 5.91 Å². The van der Waals surface area contributed by atoms with Crippen molar-refractivity contribution in [2.24, 2.45) is 5.92 Å². The lowest BCUT2D eigenvalue weighted by atomic mass is 10.1. The fourth-order valence-corrected chi connectivity index (χ4v) is 3.15. The van der Waals surface area contributed by atoms with Crippen molar-refractivity contribution in [1.82, 2.24) is 5.32 Å². The topological polar surface area (TPSA) is 38.3 Å². The summed E-state index contributed by atoms with van der Waals surface area (Å²) in [5, 5.41) is 3.01. The van der Waals surface area contributed by atoms with E-state index in [2.05, 4.69) is 5.32 Å². The van der Waals surface area contributed by atoms with Gasteiger partial charge in [0, 0.05) is 12.0 Å². The lowest BCUT2D eigenvalue weighted by Crippen LogP contribution is -2.35. The molecule has 1 fully saturated rings. The summed E-state index contributed by atoms with van der Waals surface area (Å²) in [6, 6.07) is 11.6. The monoisotopic (exact) mass is 345 g/mol. The molecule has 1 N–H and O–H groups in total. The van der Waals surface area contributed by atoms with Gasteiger partial charge in [0.1, 0.15) is 5.75 Å². The Morgan fingerprint density at radius 3 is 2.76 bits per heavy atom. The van der Waals surface area contributed by atoms with Crippen molar-refractivity contribution in [1.29, 1.82) is 0 Å².